The lowest BCUT2D eigenvalue weighted by Gasteiger charge is -2.10. The van der Waals surface area contributed by atoms with Crippen molar-refractivity contribution in [1.82, 2.24) is 15.1 Å². The van der Waals surface area contributed by atoms with E-state index in [1.807, 2.05) is 0 Å². The Hall–Kier alpha value is -1.36. The smallest absolute Gasteiger partial charge is 0.260 e. The minimum absolute atomic E-state index is 0.0523. The number of carbonyl (C=O) groups excluding carboxylic acids is 1. The molecule has 0 radical (unpaired) electrons. The van der Waals surface area contributed by atoms with Crippen LogP contribution in [0, 0.1) is 0 Å². The molecule has 14 heavy (non-hydrogen) atoms. The highest BCUT2D eigenvalue weighted by Crippen LogP contribution is 2.07. The topological polar surface area (TPSA) is 55.3 Å². The highest BCUT2D eigenvalue weighted by atomic mass is 35.5. The van der Waals surface area contributed by atoms with Gasteiger partial charge in [-0.2, -0.15) is 0 Å². The summed E-state index contributed by atoms with van der Waals surface area (Å²) in [6.45, 7) is -0.0523. The molecule has 6 heteroatoms. The van der Waals surface area contributed by atoms with Gasteiger partial charge in [0.25, 0.3) is 5.91 Å². The lowest BCUT2D eigenvalue weighted by Crippen LogP contribution is -2.27. The summed E-state index contributed by atoms with van der Waals surface area (Å²) in [5.74, 6) is 0.145. The summed E-state index contributed by atoms with van der Waals surface area (Å²) < 4.78 is 5.06. The van der Waals surface area contributed by atoms with Gasteiger partial charge in [0.1, 0.15) is 0 Å². The van der Waals surface area contributed by atoms with E-state index in [4.69, 9.17) is 16.3 Å². The quantitative estimate of drug-likeness (QED) is 0.741. The third kappa shape index (κ3) is 3.18. The van der Waals surface area contributed by atoms with Gasteiger partial charge in [0, 0.05) is 20.2 Å². The van der Waals surface area contributed by atoms with E-state index >= 15 is 0 Å². The number of hydrogen-bond donors (Lipinski definition) is 0. The molecule has 0 saturated heterocycles. The lowest BCUT2D eigenvalue weighted by molar-refractivity contribution is -0.130. The Bertz CT molecular complexity index is 313. The fourth-order valence-corrected chi connectivity index (χ4v) is 0.746. The molecule has 76 valence electrons. The van der Waals surface area contributed by atoms with Crippen LogP contribution < -0.4 is 4.74 Å². The van der Waals surface area contributed by atoms with Gasteiger partial charge in [0.15, 0.2) is 11.8 Å². The molecular weight excluding hydrogens is 206 g/mol. The van der Waals surface area contributed by atoms with E-state index in [1.54, 1.807) is 26.2 Å². The molecule has 5 nitrogen and oxygen atoms in total. The second-order valence-corrected chi connectivity index (χ2v) is 3.16. The molecule has 1 aromatic rings. The van der Waals surface area contributed by atoms with Gasteiger partial charge in [-0.3, -0.25) is 4.79 Å². The second-order valence-electron chi connectivity index (χ2n) is 2.77. The van der Waals surface area contributed by atoms with E-state index in [9.17, 15) is 4.79 Å². The van der Waals surface area contributed by atoms with Crippen molar-refractivity contribution in [3.8, 4) is 5.88 Å². The summed E-state index contributed by atoms with van der Waals surface area (Å²) in [7, 11) is 3.30. The maximum absolute atomic E-state index is 11.1. The van der Waals surface area contributed by atoms with E-state index in [2.05, 4.69) is 10.2 Å². The zero-order chi connectivity index (χ0) is 10.6. The molecule has 1 rings (SSSR count). The van der Waals surface area contributed by atoms with E-state index < -0.39 is 0 Å². The van der Waals surface area contributed by atoms with Crippen molar-refractivity contribution in [3.63, 3.8) is 0 Å². The van der Waals surface area contributed by atoms with E-state index in [0.29, 0.717) is 0 Å². The van der Waals surface area contributed by atoms with Crippen molar-refractivity contribution in [2.75, 3.05) is 20.7 Å². The van der Waals surface area contributed by atoms with Crippen molar-refractivity contribution in [2.24, 2.45) is 0 Å². The zero-order valence-electron chi connectivity index (χ0n) is 7.90. The number of rotatable bonds is 3. The van der Waals surface area contributed by atoms with Gasteiger partial charge in [-0.05, 0) is 6.07 Å². The summed E-state index contributed by atoms with van der Waals surface area (Å²) in [5.41, 5.74) is 0. The zero-order valence-corrected chi connectivity index (χ0v) is 8.65. The maximum Gasteiger partial charge on any atom is 0.260 e. The van der Waals surface area contributed by atoms with Gasteiger partial charge in [-0.1, -0.05) is 11.6 Å². The number of ether oxygens (including phenoxy) is 1. The molecule has 1 aromatic heterocycles. The summed E-state index contributed by atoms with van der Waals surface area (Å²) >= 11 is 5.52. The van der Waals surface area contributed by atoms with Crippen LogP contribution in [0.15, 0.2) is 12.1 Å². The third-order valence-corrected chi connectivity index (χ3v) is 1.65. The molecule has 0 spiro atoms. The monoisotopic (exact) mass is 215 g/mol. The average Bonchev–Trinajstić information content (AvgIpc) is 2.16. The minimum atomic E-state index is -0.137. The number of hydrogen-bond acceptors (Lipinski definition) is 4. The van der Waals surface area contributed by atoms with Crippen LogP contribution >= 0.6 is 11.6 Å². The largest absolute Gasteiger partial charge is 0.466 e. The fourth-order valence-electron chi connectivity index (χ4n) is 0.646. The molecule has 1 heterocycles. The average molecular weight is 216 g/mol. The van der Waals surface area contributed by atoms with Crippen LogP contribution in [0.3, 0.4) is 0 Å². The molecule has 0 fully saturated rings. The number of likely N-dealkylation sites (N-methyl/N-ethyl adjacent to an activating group) is 1. The van der Waals surface area contributed by atoms with Gasteiger partial charge >= 0.3 is 0 Å². The van der Waals surface area contributed by atoms with Crippen LogP contribution in [0.4, 0.5) is 0 Å². The number of aromatic nitrogens is 2. The second kappa shape index (κ2) is 4.76. The first-order valence-electron chi connectivity index (χ1n) is 3.92. The van der Waals surface area contributed by atoms with E-state index in [1.165, 1.54) is 4.90 Å². The first-order chi connectivity index (χ1) is 6.59. The van der Waals surface area contributed by atoms with Gasteiger partial charge in [0.05, 0.1) is 0 Å². The molecule has 1 amide bonds. The predicted molar refractivity (Wildman–Crippen MR) is 51.2 cm³/mol. The lowest BCUT2D eigenvalue weighted by atomic mass is 10.5. The van der Waals surface area contributed by atoms with Crippen LogP contribution in [-0.4, -0.2) is 41.7 Å². The molecule has 0 aliphatic heterocycles. The van der Waals surface area contributed by atoms with Crippen LogP contribution in [-0.2, 0) is 4.79 Å². The first-order valence-corrected chi connectivity index (χ1v) is 4.29. The number of nitrogens with zero attached hydrogens (tertiary/aromatic N) is 3. The Balaban J connectivity index is 2.46. The van der Waals surface area contributed by atoms with Crippen LogP contribution in [0.25, 0.3) is 0 Å². The molecular formula is C8H10ClN3O2. The molecule has 0 aliphatic rings. The summed E-state index contributed by atoms with van der Waals surface area (Å²) in [6, 6.07) is 3.10. The van der Waals surface area contributed by atoms with Gasteiger partial charge < -0.3 is 9.64 Å². The van der Waals surface area contributed by atoms with Crippen LogP contribution in [0.1, 0.15) is 0 Å². The molecule has 0 N–H and O–H groups in total. The van der Waals surface area contributed by atoms with Crippen molar-refractivity contribution in [1.29, 1.82) is 0 Å². The summed E-state index contributed by atoms with van der Waals surface area (Å²) in [5, 5.41) is 7.49. The third-order valence-electron chi connectivity index (χ3n) is 1.45. The Labute approximate surface area is 86.6 Å². The number of carbonyl (C=O) groups is 1. The Morgan fingerprint density at radius 1 is 1.50 bits per heavy atom. The minimum Gasteiger partial charge on any atom is -0.466 e. The maximum atomic E-state index is 11.1. The number of halogens is 1. The number of amides is 1. The van der Waals surface area contributed by atoms with Crippen LogP contribution in [0.2, 0.25) is 5.15 Å². The molecule has 0 saturated carbocycles. The highest BCUT2D eigenvalue weighted by Gasteiger charge is 2.05. The van der Waals surface area contributed by atoms with Gasteiger partial charge in [0.2, 0.25) is 5.88 Å². The summed E-state index contributed by atoms with van der Waals surface area (Å²) in [4.78, 5) is 12.5. The van der Waals surface area contributed by atoms with Crippen molar-refractivity contribution < 1.29 is 9.53 Å². The Kier molecular flexibility index (Phi) is 3.64. The first kappa shape index (κ1) is 10.7. The molecule has 0 bridgehead atoms. The molecule has 0 aliphatic carbocycles. The normalized spacial score (nSPS) is 9.64. The van der Waals surface area contributed by atoms with E-state index in [-0.39, 0.29) is 23.5 Å². The van der Waals surface area contributed by atoms with Gasteiger partial charge in [-0.15, -0.1) is 10.2 Å². The molecule has 0 unspecified atom stereocenters. The Morgan fingerprint density at radius 2 is 2.21 bits per heavy atom. The van der Waals surface area contributed by atoms with Crippen molar-refractivity contribution in [3.05, 3.63) is 17.3 Å². The van der Waals surface area contributed by atoms with E-state index in [0.717, 1.165) is 0 Å². The van der Waals surface area contributed by atoms with Crippen molar-refractivity contribution >= 4 is 17.5 Å². The van der Waals surface area contributed by atoms with Gasteiger partial charge in [-0.25, -0.2) is 0 Å². The molecule has 0 aromatic carbocycles. The summed E-state index contributed by atoms with van der Waals surface area (Å²) in [6.07, 6.45) is 0. The standard InChI is InChI=1S/C8H10ClN3O2/c1-12(2)8(13)5-14-7-4-3-6(9)10-11-7/h3-4H,5H2,1-2H3. The highest BCUT2D eigenvalue weighted by molar-refractivity contribution is 6.29. The predicted octanol–water partition coefficient (Wildman–Crippen LogP) is 0.597. The Morgan fingerprint density at radius 3 is 2.71 bits per heavy atom. The SMILES string of the molecule is CN(C)C(=O)COc1ccc(Cl)nn1. The van der Waals surface area contributed by atoms with Crippen molar-refractivity contribution in [2.45, 2.75) is 0 Å². The van der Waals surface area contributed by atoms with Crippen LogP contribution in [0.5, 0.6) is 5.88 Å². The molecule has 0 atom stereocenters. The fraction of sp³-hybridized carbons (Fsp3) is 0.375.